The zero-order chi connectivity index (χ0) is 14.3. The van der Waals surface area contributed by atoms with Crippen LogP contribution in [0.3, 0.4) is 0 Å². The van der Waals surface area contributed by atoms with Crippen LogP contribution in [0, 0.1) is 5.92 Å². The fraction of sp³-hybridized carbons (Fsp3) is 0.429. The van der Waals surface area contributed by atoms with Crippen LogP contribution in [0.25, 0.3) is 6.08 Å². The van der Waals surface area contributed by atoms with Crippen molar-refractivity contribution in [3.05, 3.63) is 35.1 Å². The summed E-state index contributed by atoms with van der Waals surface area (Å²) in [6.45, 7) is 4.21. The molecule has 5 heteroatoms. The van der Waals surface area contributed by atoms with E-state index in [0.717, 1.165) is 12.0 Å². The van der Waals surface area contributed by atoms with Gasteiger partial charge in [-0.1, -0.05) is 37.9 Å². The number of aromatic nitrogens is 1. The summed E-state index contributed by atoms with van der Waals surface area (Å²) in [5.74, 6) is -0.0675. The molecule has 2 unspecified atom stereocenters. The van der Waals surface area contributed by atoms with Crippen molar-refractivity contribution >= 4 is 23.6 Å². The Labute approximate surface area is 118 Å². The van der Waals surface area contributed by atoms with Crippen molar-refractivity contribution in [1.29, 1.82) is 0 Å². The summed E-state index contributed by atoms with van der Waals surface area (Å²) in [7, 11) is 0. The number of nitrogens with zero attached hydrogens (tertiary/aromatic N) is 1. The molecule has 19 heavy (non-hydrogen) atoms. The third-order valence-electron chi connectivity index (χ3n) is 2.96. The molecule has 1 aromatic rings. The van der Waals surface area contributed by atoms with Gasteiger partial charge in [0, 0.05) is 18.8 Å². The molecular formula is C14H19ClN2O2. The third kappa shape index (κ3) is 5.85. The zero-order valence-corrected chi connectivity index (χ0v) is 11.9. The van der Waals surface area contributed by atoms with Gasteiger partial charge < -0.3 is 10.4 Å². The van der Waals surface area contributed by atoms with Crippen LogP contribution >= 0.6 is 11.6 Å². The van der Waals surface area contributed by atoms with Crippen LogP contribution in [-0.2, 0) is 4.79 Å². The minimum absolute atomic E-state index is 0.171. The molecule has 1 heterocycles. The van der Waals surface area contributed by atoms with Crippen molar-refractivity contribution < 1.29 is 9.90 Å². The number of halogens is 1. The summed E-state index contributed by atoms with van der Waals surface area (Å²) in [4.78, 5) is 15.5. The van der Waals surface area contributed by atoms with Crippen LogP contribution in [-0.4, -0.2) is 28.6 Å². The Hall–Kier alpha value is -1.39. The second kappa shape index (κ2) is 7.92. The lowest BCUT2D eigenvalue weighted by molar-refractivity contribution is -0.117. The Bertz CT molecular complexity index is 432. The highest BCUT2D eigenvalue weighted by Gasteiger charge is 2.12. The third-order valence-corrected chi connectivity index (χ3v) is 3.19. The lowest BCUT2D eigenvalue weighted by atomic mass is 10.0. The SMILES string of the molecule is CCC(C)C(O)CNC(=O)/C=C/c1ccc(Cl)nc1. The number of hydrogen-bond acceptors (Lipinski definition) is 3. The number of aliphatic hydroxyl groups is 1. The van der Waals surface area contributed by atoms with E-state index in [1.807, 2.05) is 13.8 Å². The van der Waals surface area contributed by atoms with Gasteiger partial charge in [-0.15, -0.1) is 0 Å². The topological polar surface area (TPSA) is 62.2 Å². The second-order valence-corrected chi connectivity index (χ2v) is 4.83. The molecular weight excluding hydrogens is 264 g/mol. The van der Waals surface area contributed by atoms with Gasteiger partial charge in [-0.05, 0) is 23.6 Å². The maximum atomic E-state index is 11.5. The Morgan fingerprint density at radius 1 is 1.58 bits per heavy atom. The van der Waals surface area contributed by atoms with Crippen LogP contribution < -0.4 is 5.32 Å². The summed E-state index contributed by atoms with van der Waals surface area (Å²) in [5.41, 5.74) is 0.794. The molecule has 1 amide bonds. The number of amides is 1. The van der Waals surface area contributed by atoms with Crippen molar-refractivity contribution in [2.24, 2.45) is 5.92 Å². The fourth-order valence-electron chi connectivity index (χ4n) is 1.40. The first-order valence-electron chi connectivity index (χ1n) is 6.28. The van der Waals surface area contributed by atoms with Crippen LogP contribution in [0.5, 0.6) is 0 Å². The summed E-state index contributed by atoms with van der Waals surface area (Å²) < 4.78 is 0. The molecule has 0 radical (unpaired) electrons. The first-order chi connectivity index (χ1) is 9.02. The van der Waals surface area contributed by atoms with E-state index in [4.69, 9.17) is 11.6 Å². The summed E-state index contributed by atoms with van der Waals surface area (Å²) in [6, 6.07) is 3.43. The van der Waals surface area contributed by atoms with Gasteiger partial charge in [0.1, 0.15) is 5.15 Å². The van der Waals surface area contributed by atoms with Crippen LogP contribution in [0.15, 0.2) is 24.4 Å². The number of rotatable bonds is 6. The first kappa shape index (κ1) is 15.7. The lowest BCUT2D eigenvalue weighted by Crippen LogP contribution is -2.34. The molecule has 1 rings (SSSR count). The molecule has 0 aromatic carbocycles. The van der Waals surface area contributed by atoms with Gasteiger partial charge in [0.15, 0.2) is 0 Å². The summed E-state index contributed by atoms with van der Waals surface area (Å²) in [5, 5.41) is 12.8. The highest BCUT2D eigenvalue weighted by Crippen LogP contribution is 2.07. The van der Waals surface area contributed by atoms with E-state index < -0.39 is 6.10 Å². The van der Waals surface area contributed by atoms with Crippen molar-refractivity contribution in [3.8, 4) is 0 Å². The highest BCUT2D eigenvalue weighted by molar-refractivity contribution is 6.29. The Balaban J connectivity index is 2.41. The van der Waals surface area contributed by atoms with Crippen LogP contribution in [0.1, 0.15) is 25.8 Å². The quantitative estimate of drug-likeness (QED) is 0.621. The Kier molecular flexibility index (Phi) is 6.53. The van der Waals surface area contributed by atoms with Crippen molar-refractivity contribution in [3.63, 3.8) is 0 Å². The zero-order valence-electron chi connectivity index (χ0n) is 11.1. The van der Waals surface area contributed by atoms with E-state index in [0.29, 0.717) is 5.15 Å². The van der Waals surface area contributed by atoms with Gasteiger partial charge in [-0.2, -0.15) is 0 Å². The van der Waals surface area contributed by atoms with E-state index in [-0.39, 0.29) is 18.4 Å². The lowest BCUT2D eigenvalue weighted by Gasteiger charge is -2.16. The smallest absolute Gasteiger partial charge is 0.244 e. The molecule has 0 aliphatic rings. The average Bonchev–Trinajstić information content (AvgIpc) is 2.43. The average molecular weight is 283 g/mol. The van der Waals surface area contributed by atoms with Gasteiger partial charge in [-0.3, -0.25) is 4.79 Å². The molecule has 1 aromatic heterocycles. The molecule has 0 saturated heterocycles. The fourth-order valence-corrected chi connectivity index (χ4v) is 1.51. The Morgan fingerprint density at radius 2 is 2.32 bits per heavy atom. The minimum atomic E-state index is -0.514. The molecule has 4 nitrogen and oxygen atoms in total. The number of aliphatic hydroxyl groups excluding tert-OH is 1. The molecule has 0 bridgehead atoms. The van der Waals surface area contributed by atoms with Gasteiger partial charge in [0.05, 0.1) is 6.10 Å². The van der Waals surface area contributed by atoms with E-state index in [9.17, 15) is 9.90 Å². The summed E-state index contributed by atoms with van der Waals surface area (Å²) in [6.07, 6.45) is 5.01. The first-order valence-corrected chi connectivity index (χ1v) is 6.66. The number of pyridine rings is 1. The van der Waals surface area contributed by atoms with Crippen LogP contribution in [0.2, 0.25) is 5.15 Å². The molecule has 104 valence electrons. The van der Waals surface area contributed by atoms with E-state index >= 15 is 0 Å². The second-order valence-electron chi connectivity index (χ2n) is 4.45. The molecule has 2 atom stereocenters. The predicted octanol–water partition coefficient (Wildman–Crippen LogP) is 2.27. The normalized spacial score (nSPS) is 14.3. The van der Waals surface area contributed by atoms with Crippen molar-refractivity contribution in [2.45, 2.75) is 26.4 Å². The predicted molar refractivity (Wildman–Crippen MR) is 76.8 cm³/mol. The monoisotopic (exact) mass is 282 g/mol. The van der Waals surface area contributed by atoms with E-state index in [1.54, 1.807) is 24.4 Å². The van der Waals surface area contributed by atoms with E-state index in [2.05, 4.69) is 10.3 Å². The number of carbonyl (C=O) groups is 1. The number of hydrogen-bond donors (Lipinski definition) is 2. The number of carbonyl (C=O) groups excluding carboxylic acids is 1. The molecule has 0 fully saturated rings. The highest BCUT2D eigenvalue weighted by atomic mass is 35.5. The number of nitrogens with one attached hydrogen (secondary N) is 1. The standard InChI is InChI=1S/C14H19ClN2O2/c1-3-10(2)12(18)9-17-14(19)7-5-11-4-6-13(15)16-8-11/h4-8,10,12,18H,3,9H2,1-2H3,(H,17,19)/b7-5+. The minimum Gasteiger partial charge on any atom is -0.391 e. The van der Waals surface area contributed by atoms with Gasteiger partial charge in [0.25, 0.3) is 0 Å². The molecule has 2 N–H and O–H groups in total. The Morgan fingerprint density at radius 3 is 2.89 bits per heavy atom. The maximum Gasteiger partial charge on any atom is 0.244 e. The largest absolute Gasteiger partial charge is 0.391 e. The molecule has 0 spiro atoms. The molecule has 0 saturated carbocycles. The summed E-state index contributed by atoms with van der Waals surface area (Å²) >= 11 is 5.66. The van der Waals surface area contributed by atoms with Gasteiger partial charge in [-0.25, -0.2) is 4.98 Å². The van der Waals surface area contributed by atoms with Gasteiger partial charge >= 0.3 is 0 Å². The van der Waals surface area contributed by atoms with E-state index in [1.165, 1.54) is 6.08 Å². The van der Waals surface area contributed by atoms with Crippen molar-refractivity contribution in [1.82, 2.24) is 10.3 Å². The van der Waals surface area contributed by atoms with Gasteiger partial charge in [0.2, 0.25) is 5.91 Å². The molecule has 0 aliphatic heterocycles. The maximum absolute atomic E-state index is 11.5. The van der Waals surface area contributed by atoms with Crippen molar-refractivity contribution in [2.75, 3.05) is 6.54 Å². The molecule has 0 aliphatic carbocycles. The van der Waals surface area contributed by atoms with Crippen LogP contribution in [0.4, 0.5) is 0 Å².